The Balaban J connectivity index is 1.52. The van der Waals surface area contributed by atoms with Gasteiger partial charge in [-0.1, -0.05) is 30.3 Å². The number of nitrogens with one attached hydrogen (secondary N) is 1. The Hall–Kier alpha value is -2.90. The molecular formula is C21H20N2O4S. The van der Waals surface area contributed by atoms with E-state index in [-0.39, 0.29) is 23.8 Å². The van der Waals surface area contributed by atoms with Crippen LogP contribution in [-0.2, 0) is 14.8 Å². The van der Waals surface area contributed by atoms with Gasteiger partial charge in [-0.15, -0.1) is 0 Å². The van der Waals surface area contributed by atoms with E-state index in [4.69, 9.17) is 4.74 Å². The third kappa shape index (κ3) is 3.58. The van der Waals surface area contributed by atoms with Gasteiger partial charge in [-0.25, -0.2) is 13.1 Å². The minimum atomic E-state index is -3.72. The number of amides is 1. The fraction of sp³-hybridized carbons (Fsp3) is 0.190. The van der Waals surface area contributed by atoms with E-state index in [0.29, 0.717) is 5.75 Å². The predicted octanol–water partition coefficient (Wildman–Crippen LogP) is 2.93. The number of ether oxygens (including phenoxy) is 1. The Kier molecular flexibility index (Phi) is 4.78. The Morgan fingerprint density at radius 1 is 1.00 bits per heavy atom. The van der Waals surface area contributed by atoms with Crippen molar-refractivity contribution in [3.63, 3.8) is 0 Å². The number of fused-ring (bicyclic) bond motifs is 1. The SMILES string of the molecule is COc1ccc(N2C[C@@H](NS(=O)(=O)c3ccc4ccccc4c3)CC2=O)cc1. The van der Waals surface area contributed by atoms with Crippen LogP contribution in [0.1, 0.15) is 6.42 Å². The molecular weight excluding hydrogens is 376 g/mol. The van der Waals surface area contributed by atoms with E-state index in [0.717, 1.165) is 16.5 Å². The second-order valence-electron chi connectivity index (χ2n) is 6.73. The van der Waals surface area contributed by atoms with Crippen LogP contribution in [0.5, 0.6) is 5.75 Å². The first-order chi connectivity index (χ1) is 13.5. The lowest BCUT2D eigenvalue weighted by atomic mass is 10.1. The van der Waals surface area contributed by atoms with Gasteiger partial charge in [0.05, 0.1) is 12.0 Å². The van der Waals surface area contributed by atoms with E-state index >= 15 is 0 Å². The average molecular weight is 396 g/mol. The van der Waals surface area contributed by atoms with Crippen molar-refractivity contribution in [2.24, 2.45) is 0 Å². The van der Waals surface area contributed by atoms with Gasteiger partial charge in [-0.2, -0.15) is 0 Å². The fourth-order valence-electron chi connectivity index (χ4n) is 3.42. The number of methoxy groups -OCH3 is 1. The van der Waals surface area contributed by atoms with Crippen molar-refractivity contribution in [3.8, 4) is 5.75 Å². The Bertz CT molecular complexity index is 1130. The molecule has 144 valence electrons. The highest BCUT2D eigenvalue weighted by Gasteiger charge is 2.33. The van der Waals surface area contributed by atoms with Crippen LogP contribution in [0.25, 0.3) is 10.8 Å². The number of benzene rings is 3. The zero-order valence-corrected chi connectivity index (χ0v) is 16.1. The summed E-state index contributed by atoms with van der Waals surface area (Å²) < 4.78 is 33.4. The van der Waals surface area contributed by atoms with Crippen LogP contribution in [0.15, 0.2) is 71.6 Å². The largest absolute Gasteiger partial charge is 0.497 e. The zero-order chi connectivity index (χ0) is 19.7. The van der Waals surface area contributed by atoms with Crippen LogP contribution in [0.4, 0.5) is 5.69 Å². The van der Waals surface area contributed by atoms with Crippen molar-refractivity contribution in [1.82, 2.24) is 4.72 Å². The van der Waals surface area contributed by atoms with E-state index in [1.54, 1.807) is 54.5 Å². The van der Waals surface area contributed by atoms with E-state index in [2.05, 4.69) is 4.72 Å². The molecule has 1 atom stereocenters. The summed E-state index contributed by atoms with van der Waals surface area (Å²) in [5.74, 6) is 0.584. The van der Waals surface area contributed by atoms with Gasteiger partial charge in [-0.05, 0) is 47.2 Å². The number of sulfonamides is 1. The summed E-state index contributed by atoms with van der Waals surface area (Å²) in [4.78, 5) is 14.2. The molecule has 0 aromatic heterocycles. The summed E-state index contributed by atoms with van der Waals surface area (Å²) in [5, 5.41) is 1.83. The van der Waals surface area contributed by atoms with Crippen LogP contribution in [-0.4, -0.2) is 34.0 Å². The summed E-state index contributed by atoms with van der Waals surface area (Å²) in [6.07, 6.45) is 0.124. The molecule has 1 aliphatic heterocycles. The van der Waals surface area contributed by atoms with Gasteiger partial charge < -0.3 is 9.64 Å². The van der Waals surface area contributed by atoms with E-state index < -0.39 is 16.1 Å². The molecule has 1 saturated heterocycles. The highest BCUT2D eigenvalue weighted by molar-refractivity contribution is 7.89. The van der Waals surface area contributed by atoms with Crippen LogP contribution in [0.3, 0.4) is 0 Å². The minimum Gasteiger partial charge on any atom is -0.497 e. The van der Waals surface area contributed by atoms with Crippen molar-refractivity contribution < 1.29 is 17.9 Å². The third-order valence-corrected chi connectivity index (χ3v) is 6.38. The number of hydrogen-bond donors (Lipinski definition) is 1. The molecule has 0 aliphatic carbocycles. The lowest BCUT2D eigenvalue weighted by Gasteiger charge is -2.17. The molecule has 6 nitrogen and oxygen atoms in total. The van der Waals surface area contributed by atoms with Gasteiger partial charge >= 0.3 is 0 Å². The maximum Gasteiger partial charge on any atom is 0.240 e. The monoisotopic (exact) mass is 396 g/mol. The molecule has 0 unspecified atom stereocenters. The smallest absolute Gasteiger partial charge is 0.240 e. The van der Waals surface area contributed by atoms with Crippen LogP contribution in [0, 0.1) is 0 Å². The molecule has 7 heteroatoms. The van der Waals surface area contributed by atoms with E-state index in [1.165, 1.54) is 0 Å². The number of carbonyl (C=O) groups excluding carboxylic acids is 1. The molecule has 28 heavy (non-hydrogen) atoms. The normalized spacial score (nSPS) is 17.2. The lowest BCUT2D eigenvalue weighted by molar-refractivity contribution is -0.117. The minimum absolute atomic E-state index is 0.114. The summed E-state index contributed by atoms with van der Waals surface area (Å²) in [6, 6.07) is 19.2. The predicted molar refractivity (Wildman–Crippen MR) is 108 cm³/mol. The van der Waals surface area contributed by atoms with Crippen LogP contribution in [0.2, 0.25) is 0 Å². The van der Waals surface area contributed by atoms with E-state index in [9.17, 15) is 13.2 Å². The van der Waals surface area contributed by atoms with Crippen LogP contribution < -0.4 is 14.4 Å². The van der Waals surface area contributed by atoms with Crippen molar-refractivity contribution in [1.29, 1.82) is 0 Å². The molecule has 3 aromatic carbocycles. The molecule has 1 N–H and O–H groups in total. The highest BCUT2D eigenvalue weighted by atomic mass is 32.2. The highest BCUT2D eigenvalue weighted by Crippen LogP contribution is 2.25. The van der Waals surface area contributed by atoms with E-state index in [1.807, 2.05) is 24.3 Å². The molecule has 4 rings (SSSR count). The van der Waals surface area contributed by atoms with Gasteiger partial charge in [0.15, 0.2) is 0 Å². The number of rotatable bonds is 5. The summed E-state index contributed by atoms with van der Waals surface area (Å²) in [5.41, 5.74) is 0.721. The number of carbonyl (C=O) groups is 1. The van der Waals surface area contributed by atoms with Crippen molar-refractivity contribution in [2.75, 3.05) is 18.6 Å². The average Bonchev–Trinajstić information content (AvgIpc) is 3.07. The van der Waals surface area contributed by atoms with Crippen molar-refractivity contribution >= 4 is 32.4 Å². The van der Waals surface area contributed by atoms with Gasteiger partial charge in [0.2, 0.25) is 15.9 Å². The molecule has 0 saturated carbocycles. The standard InChI is InChI=1S/C21H20N2O4S/c1-27-19-9-7-18(8-10-19)23-14-17(13-21(23)24)22-28(25,26)20-11-6-15-4-2-3-5-16(15)12-20/h2-12,17,22H,13-14H2,1H3/t17-/m0/s1. The summed E-state index contributed by atoms with van der Waals surface area (Å²) in [7, 11) is -2.15. The quantitative estimate of drug-likeness (QED) is 0.720. The number of anilines is 1. The Morgan fingerprint density at radius 2 is 1.71 bits per heavy atom. The first-order valence-corrected chi connectivity index (χ1v) is 10.4. The number of nitrogens with zero attached hydrogens (tertiary/aromatic N) is 1. The fourth-order valence-corrected chi connectivity index (χ4v) is 4.68. The Morgan fingerprint density at radius 3 is 2.43 bits per heavy atom. The number of hydrogen-bond acceptors (Lipinski definition) is 4. The molecule has 3 aromatic rings. The molecule has 0 radical (unpaired) electrons. The van der Waals surface area contributed by atoms with Crippen molar-refractivity contribution in [3.05, 3.63) is 66.7 Å². The summed E-state index contributed by atoms with van der Waals surface area (Å²) >= 11 is 0. The molecule has 1 fully saturated rings. The molecule has 1 aliphatic rings. The Labute approximate surface area is 163 Å². The molecule has 1 amide bonds. The molecule has 1 heterocycles. The lowest BCUT2D eigenvalue weighted by Crippen LogP contribution is -2.37. The maximum atomic E-state index is 12.8. The maximum absolute atomic E-state index is 12.8. The topological polar surface area (TPSA) is 75.7 Å². The second-order valence-corrected chi connectivity index (χ2v) is 8.45. The van der Waals surface area contributed by atoms with Gasteiger partial charge in [-0.3, -0.25) is 4.79 Å². The summed E-state index contributed by atoms with van der Waals surface area (Å²) in [6.45, 7) is 0.290. The van der Waals surface area contributed by atoms with Gasteiger partial charge in [0.25, 0.3) is 0 Å². The molecule has 0 bridgehead atoms. The second kappa shape index (κ2) is 7.26. The van der Waals surface area contributed by atoms with Gasteiger partial charge in [0, 0.05) is 24.7 Å². The first-order valence-electron chi connectivity index (χ1n) is 8.92. The molecule has 0 spiro atoms. The first kappa shape index (κ1) is 18.5. The third-order valence-electron chi connectivity index (χ3n) is 4.86. The van der Waals surface area contributed by atoms with Crippen LogP contribution >= 0.6 is 0 Å². The van der Waals surface area contributed by atoms with Crippen molar-refractivity contribution in [2.45, 2.75) is 17.4 Å². The van der Waals surface area contributed by atoms with Gasteiger partial charge in [0.1, 0.15) is 5.75 Å². The zero-order valence-electron chi connectivity index (χ0n) is 15.3.